The highest BCUT2D eigenvalue weighted by Crippen LogP contribution is 2.14. The molecule has 1 amide bonds. The largest absolute Gasteiger partial charge is 0.339 e. The van der Waals surface area contributed by atoms with Crippen LogP contribution in [0.1, 0.15) is 37.4 Å². The van der Waals surface area contributed by atoms with Gasteiger partial charge < -0.3 is 10.6 Å². The molecule has 6 heteroatoms. The highest BCUT2D eigenvalue weighted by Gasteiger charge is 2.24. The van der Waals surface area contributed by atoms with Gasteiger partial charge in [-0.05, 0) is 12.8 Å². The van der Waals surface area contributed by atoms with Crippen LogP contribution in [0.2, 0.25) is 0 Å². The number of piperazine rings is 1. The van der Waals surface area contributed by atoms with E-state index in [0.717, 1.165) is 57.7 Å². The van der Waals surface area contributed by atoms with Crippen LogP contribution in [0.5, 0.6) is 0 Å². The lowest BCUT2D eigenvalue weighted by Crippen LogP contribution is -2.52. The number of carbonyl (C=O) groups is 1. The number of hydrogen-bond donors (Lipinski definition) is 1. The second kappa shape index (κ2) is 7.87. The molecule has 1 aromatic heterocycles. The van der Waals surface area contributed by atoms with E-state index in [1.165, 1.54) is 5.01 Å². The minimum absolute atomic E-state index is 0.110. The van der Waals surface area contributed by atoms with Crippen LogP contribution in [-0.4, -0.2) is 52.9 Å². The molecule has 0 saturated carbocycles. The van der Waals surface area contributed by atoms with E-state index in [4.69, 9.17) is 5.73 Å². The van der Waals surface area contributed by atoms with Crippen LogP contribution in [0, 0.1) is 0 Å². The zero-order valence-corrected chi connectivity index (χ0v) is 13.9. The molecule has 1 unspecified atom stereocenters. The predicted molar refractivity (Wildman–Crippen MR) is 86.2 cm³/mol. The highest BCUT2D eigenvalue weighted by molar-refractivity contribution is 7.09. The van der Waals surface area contributed by atoms with Crippen LogP contribution >= 0.6 is 11.3 Å². The zero-order valence-electron chi connectivity index (χ0n) is 13.0. The van der Waals surface area contributed by atoms with E-state index < -0.39 is 0 Å². The Kier molecular flexibility index (Phi) is 6.14. The lowest BCUT2D eigenvalue weighted by molar-refractivity contribution is -0.134. The molecule has 0 aliphatic carbocycles. The third kappa shape index (κ3) is 4.49. The molecular weight excluding hydrogens is 284 g/mol. The Morgan fingerprint density at radius 2 is 2.10 bits per heavy atom. The van der Waals surface area contributed by atoms with Crippen LogP contribution in [0.15, 0.2) is 5.38 Å². The van der Waals surface area contributed by atoms with Gasteiger partial charge in [-0.3, -0.25) is 9.69 Å². The number of aryl methyl sites for hydroxylation is 1. The van der Waals surface area contributed by atoms with Crippen molar-refractivity contribution in [2.75, 3.05) is 26.2 Å². The van der Waals surface area contributed by atoms with E-state index >= 15 is 0 Å². The maximum atomic E-state index is 12.2. The first-order valence-electron chi connectivity index (χ1n) is 7.84. The monoisotopic (exact) mass is 310 g/mol. The van der Waals surface area contributed by atoms with Crippen molar-refractivity contribution in [3.05, 3.63) is 16.1 Å². The van der Waals surface area contributed by atoms with Crippen molar-refractivity contribution in [3.63, 3.8) is 0 Å². The Hall–Kier alpha value is -0.980. The van der Waals surface area contributed by atoms with Gasteiger partial charge in [0, 0.05) is 38.1 Å². The van der Waals surface area contributed by atoms with Crippen molar-refractivity contribution in [2.45, 2.75) is 45.7 Å². The Labute approximate surface area is 131 Å². The molecule has 1 aliphatic heterocycles. The molecule has 1 atom stereocenters. The van der Waals surface area contributed by atoms with Crippen molar-refractivity contribution in [2.24, 2.45) is 5.73 Å². The van der Waals surface area contributed by atoms with E-state index in [9.17, 15) is 4.79 Å². The van der Waals surface area contributed by atoms with Gasteiger partial charge in [0.05, 0.1) is 16.7 Å². The average molecular weight is 310 g/mol. The summed E-state index contributed by atoms with van der Waals surface area (Å²) in [5.41, 5.74) is 7.07. The second-order valence-electron chi connectivity index (χ2n) is 5.58. The Bertz CT molecular complexity index is 454. The van der Waals surface area contributed by atoms with Gasteiger partial charge in [-0.2, -0.15) is 0 Å². The van der Waals surface area contributed by atoms with Gasteiger partial charge in [0.15, 0.2) is 0 Å². The van der Waals surface area contributed by atoms with E-state index in [1.807, 2.05) is 4.90 Å². The lowest BCUT2D eigenvalue weighted by Gasteiger charge is -2.35. The maximum absolute atomic E-state index is 12.2. The number of nitrogens with zero attached hydrogens (tertiary/aromatic N) is 3. The Balaban J connectivity index is 1.79. The van der Waals surface area contributed by atoms with Crippen molar-refractivity contribution >= 4 is 17.2 Å². The van der Waals surface area contributed by atoms with Crippen molar-refractivity contribution in [1.29, 1.82) is 0 Å². The summed E-state index contributed by atoms with van der Waals surface area (Å²) in [6.45, 7) is 8.45. The second-order valence-corrected chi connectivity index (χ2v) is 6.53. The lowest BCUT2D eigenvalue weighted by atomic mass is 10.1. The Morgan fingerprint density at radius 1 is 1.38 bits per heavy atom. The molecule has 2 rings (SSSR count). The minimum atomic E-state index is -0.327. The van der Waals surface area contributed by atoms with Gasteiger partial charge in [-0.15, -0.1) is 11.3 Å². The number of amides is 1. The fraction of sp³-hybridized carbons (Fsp3) is 0.733. The number of nitrogens with two attached hydrogens (primary N) is 1. The molecule has 1 saturated heterocycles. The van der Waals surface area contributed by atoms with Gasteiger partial charge in [0.25, 0.3) is 0 Å². The molecular formula is C15H26N4OS. The molecule has 118 valence electrons. The number of hydrogen-bond acceptors (Lipinski definition) is 5. The average Bonchev–Trinajstić information content (AvgIpc) is 2.95. The molecule has 0 spiro atoms. The number of thiazole rings is 1. The van der Waals surface area contributed by atoms with Crippen LogP contribution in [0.3, 0.4) is 0 Å². The molecule has 1 aliphatic rings. The van der Waals surface area contributed by atoms with Gasteiger partial charge >= 0.3 is 0 Å². The summed E-state index contributed by atoms with van der Waals surface area (Å²) in [5, 5.41) is 3.34. The molecule has 2 heterocycles. The third-order valence-corrected chi connectivity index (χ3v) is 4.93. The zero-order chi connectivity index (χ0) is 15.2. The molecule has 0 bridgehead atoms. The van der Waals surface area contributed by atoms with Crippen LogP contribution in [0.25, 0.3) is 0 Å². The topological polar surface area (TPSA) is 62.5 Å². The number of aromatic nitrogens is 1. The fourth-order valence-corrected chi connectivity index (χ4v) is 3.34. The molecule has 0 radical (unpaired) electrons. The van der Waals surface area contributed by atoms with Crippen molar-refractivity contribution in [3.8, 4) is 0 Å². The first-order chi connectivity index (χ1) is 10.1. The molecule has 21 heavy (non-hydrogen) atoms. The standard InChI is InChI=1S/C15H26N4OS/c1-3-5-13(16)15(20)19-8-6-18(7-9-19)10-12-11-21-14(4-2)17-12/h11,13H,3-10,16H2,1-2H3. The van der Waals surface area contributed by atoms with Crippen LogP contribution in [-0.2, 0) is 17.8 Å². The molecule has 1 aromatic rings. The summed E-state index contributed by atoms with van der Waals surface area (Å²) in [7, 11) is 0. The number of carbonyl (C=O) groups excluding carboxylic acids is 1. The Morgan fingerprint density at radius 3 is 2.67 bits per heavy atom. The van der Waals surface area contributed by atoms with E-state index in [1.54, 1.807) is 11.3 Å². The van der Waals surface area contributed by atoms with Crippen LogP contribution < -0.4 is 5.73 Å². The summed E-state index contributed by atoms with van der Waals surface area (Å²) >= 11 is 1.73. The van der Waals surface area contributed by atoms with Gasteiger partial charge in [0.1, 0.15) is 0 Å². The fourth-order valence-electron chi connectivity index (χ4n) is 2.61. The molecule has 0 aromatic carbocycles. The SMILES string of the molecule is CCCC(N)C(=O)N1CCN(Cc2csc(CC)n2)CC1. The van der Waals surface area contributed by atoms with Crippen molar-refractivity contribution in [1.82, 2.24) is 14.8 Å². The smallest absolute Gasteiger partial charge is 0.239 e. The minimum Gasteiger partial charge on any atom is -0.339 e. The number of rotatable bonds is 6. The van der Waals surface area contributed by atoms with Crippen LogP contribution in [0.4, 0.5) is 0 Å². The van der Waals surface area contributed by atoms with Gasteiger partial charge in [0.2, 0.25) is 5.91 Å². The summed E-state index contributed by atoms with van der Waals surface area (Å²) in [5.74, 6) is 0.110. The molecule has 1 fully saturated rings. The quantitative estimate of drug-likeness (QED) is 0.864. The summed E-state index contributed by atoms with van der Waals surface area (Å²) in [6.07, 6.45) is 2.73. The van der Waals surface area contributed by atoms with Gasteiger partial charge in [-0.1, -0.05) is 20.3 Å². The first-order valence-corrected chi connectivity index (χ1v) is 8.72. The highest BCUT2D eigenvalue weighted by atomic mass is 32.1. The van der Waals surface area contributed by atoms with Crippen molar-refractivity contribution < 1.29 is 4.79 Å². The van der Waals surface area contributed by atoms with E-state index in [0.29, 0.717) is 0 Å². The van der Waals surface area contributed by atoms with Gasteiger partial charge in [-0.25, -0.2) is 4.98 Å². The third-order valence-electron chi connectivity index (χ3n) is 3.89. The molecule has 5 nitrogen and oxygen atoms in total. The summed E-state index contributed by atoms with van der Waals surface area (Å²) < 4.78 is 0. The first kappa shape index (κ1) is 16.4. The van der Waals surface area contributed by atoms with E-state index in [-0.39, 0.29) is 11.9 Å². The normalized spacial score (nSPS) is 18.0. The molecule has 2 N–H and O–H groups in total. The summed E-state index contributed by atoms with van der Waals surface area (Å²) in [6, 6.07) is -0.327. The van der Waals surface area contributed by atoms with E-state index in [2.05, 4.69) is 29.1 Å². The maximum Gasteiger partial charge on any atom is 0.239 e. The predicted octanol–water partition coefficient (Wildman–Crippen LogP) is 1.48. The summed E-state index contributed by atoms with van der Waals surface area (Å²) in [4.78, 5) is 21.0.